The molecule has 132 valence electrons. The fourth-order valence-corrected chi connectivity index (χ4v) is 3.08. The van der Waals surface area contributed by atoms with Crippen molar-refractivity contribution in [2.45, 2.75) is 45.2 Å². The minimum Gasteiger partial charge on any atom is -0.338 e. The predicted molar refractivity (Wildman–Crippen MR) is 98.4 cm³/mol. The molecule has 1 atom stereocenters. The van der Waals surface area contributed by atoms with E-state index < -0.39 is 0 Å². The van der Waals surface area contributed by atoms with E-state index in [4.69, 9.17) is 4.52 Å². The van der Waals surface area contributed by atoms with Crippen LogP contribution < -0.4 is 5.32 Å². The number of hydrogen-bond acceptors (Lipinski definition) is 5. The zero-order chi connectivity index (χ0) is 16.2. The Kier molecular flexibility index (Phi) is 6.78. The van der Waals surface area contributed by atoms with E-state index in [0.717, 1.165) is 25.2 Å². The first kappa shape index (κ1) is 18.9. The van der Waals surface area contributed by atoms with Crippen LogP contribution in [0.2, 0.25) is 0 Å². The maximum absolute atomic E-state index is 5.45. The van der Waals surface area contributed by atoms with Gasteiger partial charge in [-0.25, -0.2) is 0 Å². The first-order chi connectivity index (χ1) is 11.2. The molecule has 1 aliphatic rings. The lowest BCUT2D eigenvalue weighted by atomic mass is 10.0. The molecule has 0 aliphatic carbocycles. The Morgan fingerprint density at radius 2 is 2.04 bits per heavy atom. The fourth-order valence-electron chi connectivity index (χ4n) is 3.08. The van der Waals surface area contributed by atoms with Crippen molar-refractivity contribution in [2.24, 2.45) is 0 Å². The van der Waals surface area contributed by atoms with E-state index in [0.29, 0.717) is 23.7 Å². The van der Waals surface area contributed by atoms with Crippen LogP contribution in [0.1, 0.15) is 44.1 Å². The highest BCUT2D eigenvalue weighted by atomic mass is 35.5. The fraction of sp³-hybridized carbons (Fsp3) is 0.556. The Morgan fingerprint density at radius 1 is 1.29 bits per heavy atom. The molecule has 3 rings (SSSR count). The number of likely N-dealkylation sites (tertiary alicyclic amines) is 1. The van der Waals surface area contributed by atoms with Crippen LogP contribution in [0.25, 0.3) is 11.4 Å². The van der Waals surface area contributed by atoms with Gasteiger partial charge in [-0.2, -0.15) is 4.98 Å². The average Bonchev–Trinajstić information content (AvgIpc) is 3.03. The molecule has 0 bridgehead atoms. The van der Waals surface area contributed by atoms with Crippen LogP contribution in [0.15, 0.2) is 28.8 Å². The van der Waals surface area contributed by atoms with Crippen molar-refractivity contribution in [1.29, 1.82) is 0 Å². The molecule has 1 unspecified atom stereocenters. The molecule has 2 aromatic rings. The van der Waals surface area contributed by atoms with Crippen molar-refractivity contribution in [3.8, 4) is 11.4 Å². The summed E-state index contributed by atoms with van der Waals surface area (Å²) in [6.07, 6.45) is 2.45. The van der Waals surface area contributed by atoms with Crippen molar-refractivity contribution in [1.82, 2.24) is 20.4 Å². The van der Waals surface area contributed by atoms with Crippen molar-refractivity contribution in [3.63, 3.8) is 0 Å². The second-order valence-corrected chi connectivity index (χ2v) is 6.65. The number of nitrogens with zero attached hydrogens (tertiary/aromatic N) is 3. The maximum atomic E-state index is 5.45. The minimum absolute atomic E-state index is 0. The lowest BCUT2D eigenvalue weighted by Crippen LogP contribution is -2.43. The lowest BCUT2D eigenvalue weighted by Gasteiger charge is -2.31. The summed E-state index contributed by atoms with van der Waals surface area (Å²) in [6, 6.07) is 8.98. The third-order valence-corrected chi connectivity index (χ3v) is 4.58. The van der Waals surface area contributed by atoms with E-state index in [1.54, 1.807) is 0 Å². The lowest BCUT2D eigenvalue weighted by molar-refractivity contribution is 0.167. The van der Waals surface area contributed by atoms with Gasteiger partial charge in [-0.3, -0.25) is 4.90 Å². The number of hydrogen-bond donors (Lipinski definition) is 1. The number of piperidine rings is 1. The molecule has 5 nitrogen and oxygen atoms in total. The third kappa shape index (κ3) is 4.56. The molecule has 1 fully saturated rings. The summed E-state index contributed by atoms with van der Waals surface area (Å²) in [7, 11) is 2.03. The van der Waals surface area contributed by atoms with Crippen LogP contribution in [0.3, 0.4) is 0 Å². The summed E-state index contributed by atoms with van der Waals surface area (Å²) >= 11 is 0. The van der Waals surface area contributed by atoms with Crippen molar-refractivity contribution >= 4 is 12.4 Å². The summed E-state index contributed by atoms with van der Waals surface area (Å²) < 4.78 is 5.45. The van der Waals surface area contributed by atoms with Crippen LogP contribution in [-0.4, -0.2) is 41.2 Å². The Labute approximate surface area is 150 Å². The number of rotatable bonds is 5. The highest BCUT2D eigenvalue weighted by Crippen LogP contribution is 2.21. The number of aromatic nitrogens is 2. The standard InChI is InChI=1S/C18H26N4O.ClH/c1-13(2)14-6-8-15(9-7-14)18-20-17(23-21-18)12-22-10-4-5-16(11-22)19-3;/h6-9,13,16,19H,4-5,10-12H2,1-3H3;1H. The van der Waals surface area contributed by atoms with Gasteiger partial charge < -0.3 is 9.84 Å². The summed E-state index contributed by atoms with van der Waals surface area (Å²) in [4.78, 5) is 6.94. The van der Waals surface area contributed by atoms with E-state index >= 15 is 0 Å². The molecule has 0 spiro atoms. The van der Waals surface area contributed by atoms with Gasteiger partial charge in [0.15, 0.2) is 0 Å². The smallest absolute Gasteiger partial charge is 0.241 e. The van der Waals surface area contributed by atoms with Gasteiger partial charge in [-0.15, -0.1) is 12.4 Å². The molecule has 1 aromatic carbocycles. The Balaban J connectivity index is 0.00000208. The van der Waals surface area contributed by atoms with Crippen LogP contribution in [0, 0.1) is 0 Å². The SMILES string of the molecule is CNC1CCCN(Cc2nc(-c3ccc(C(C)C)cc3)no2)C1.Cl. The summed E-state index contributed by atoms with van der Waals surface area (Å²) in [5.41, 5.74) is 2.33. The Hall–Kier alpha value is -1.43. The molecule has 6 heteroatoms. The van der Waals surface area contributed by atoms with Crippen LogP contribution in [-0.2, 0) is 6.54 Å². The van der Waals surface area contributed by atoms with Gasteiger partial charge in [0.2, 0.25) is 11.7 Å². The largest absolute Gasteiger partial charge is 0.338 e. The topological polar surface area (TPSA) is 54.2 Å². The number of benzene rings is 1. The second-order valence-electron chi connectivity index (χ2n) is 6.65. The van der Waals surface area contributed by atoms with Gasteiger partial charge in [0.05, 0.1) is 6.54 Å². The molecule has 2 heterocycles. The summed E-state index contributed by atoms with van der Waals surface area (Å²) in [5.74, 6) is 1.91. The zero-order valence-electron chi connectivity index (χ0n) is 14.7. The predicted octanol–water partition coefficient (Wildman–Crippen LogP) is 3.47. The highest BCUT2D eigenvalue weighted by Gasteiger charge is 2.20. The molecular weight excluding hydrogens is 324 g/mol. The van der Waals surface area contributed by atoms with Gasteiger partial charge in [0, 0.05) is 18.2 Å². The zero-order valence-corrected chi connectivity index (χ0v) is 15.5. The van der Waals surface area contributed by atoms with Crippen LogP contribution in [0.5, 0.6) is 0 Å². The van der Waals surface area contributed by atoms with E-state index in [-0.39, 0.29) is 12.4 Å². The first-order valence-electron chi connectivity index (χ1n) is 8.48. The van der Waals surface area contributed by atoms with Gasteiger partial charge in [-0.05, 0) is 37.9 Å². The van der Waals surface area contributed by atoms with Crippen LogP contribution in [0.4, 0.5) is 0 Å². The number of halogens is 1. The van der Waals surface area contributed by atoms with E-state index in [1.165, 1.54) is 18.4 Å². The van der Waals surface area contributed by atoms with E-state index in [9.17, 15) is 0 Å². The third-order valence-electron chi connectivity index (χ3n) is 4.58. The Bertz CT molecular complexity index is 626. The first-order valence-corrected chi connectivity index (χ1v) is 8.48. The quantitative estimate of drug-likeness (QED) is 0.894. The molecule has 1 aliphatic heterocycles. The molecule has 1 aromatic heterocycles. The number of nitrogens with one attached hydrogen (secondary N) is 1. The van der Waals surface area contributed by atoms with Gasteiger partial charge in [0.25, 0.3) is 0 Å². The van der Waals surface area contributed by atoms with E-state index in [2.05, 4.69) is 58.5 Å². The van der Waals surface area contributed by atoms with Crippen molar-refractivity contribution in [2.75, 3.05) is 20.1 Å². The van der Waals surface area contributed by atoms with Crippen molar-refractivity contribution < 1.29 is 4.52 Å². The summed E-state index contributed by atoms with van der Waals surface area (Å²) in [5, 5.41) is 7.49. The molecule has 1 N–H and O–H groups in total. The summed E-state index contributed by atoms with van der Waals surface area (Å²) in [6.45, 7) is 7.25. The minimum atomic E-state index is 0. The maximum Gasteiger partial charge on any atom is 0.241 e. The molecule has 0 saturated carbocycles. The molecule has 0 amide bonds. The van der Waals surface area contributed by atoms with E-state index in [1.807, 2.05) is 7.05 Å². The van der Waals surface area contributed by atoms with Gasteiger partial charge in [0.1, 0.15) is 0 Å². The van der Waals surface area contributed by atoms with Crippen LogP contribution >= 0.6 is 12.4 Å². The second kappa shape index (κ2) is 8.60. The number of likely N-dealkylation sites (N-methyl/N-ethyl adjacent to an activating group) is 1. The van der Waals surface area contributed by atoms with Crippen molar-refractivity contribution in [3.05, 3.63) is 35.7 Å². The molecule has 0 radical (unpaired) electrons. The van der Waals surface area contributed by atoms with Gasteiger partial charge in [-0.1, -0.05) is 43.3 Å². The molecule has 24 heavy (non-hydrogen) atoms. The molecular formula is C18H27ClN4O. The molecule has 1 saturated heterocycles. The normalized spacial score (nSPS) is 18.6. The monoisotopic (exact) mass is 350 g/mol. The highest BCUT2D eigenvalue weighted by molar-refractivity contribution is 5.85. The Morgan fingerprint density at radius 3 is 2.71 bits per heavy atom. The average molecular weight is 351 g/mol. The van der Waals surface area contributed by atoms with Gasteiger partial charge >= 0.3 is 0 Å².